The van der Waals surface area contributed by atoms with E-state index in [0.29, 0.717) is 17.4 Å². The molecular weight excluding hydrogens is 358 g/mol. The predicted octanol–water partition coefficient (Wildman–Crippen LogP) is 5.28. The molecular formula is C19H22ClNO3S. The minimum atomic E-state index is 0.277. The van der Waals surface area contributed by atoms with E-state index in [4.69, 9.17) is 38.0 Å². The second-order valence-electron chi connectivity index (χ2n) is 5.49. The minimum absolute atomic E-state index is 0.277. The minimum Gasteiger partial charge on any atom is -0.493 e. The van der Waals surface area contributed by atoms with Crippen LogP contribution in [0.1, 0.15) is 23.6 Å². The maximum absolute atomic E-state index is 6.30. The Bertz CT molecular complexity index is 765. The van der Waals surface area contributed by atoms with Crippen LogP contribution in [0.2, 0.25) is 5.02 Å². The lowest BCUT2D eigenvalue weighted by molar-refractivity contribution is 0.287. The molecule has 0 aliphatic carbocycles. The average Bonchev–Trinajstić information content (AvgIpc) is 2.58. The van der Waals surface area contributed by atoms with E-state index in [-0.39, 0.29) is 11.8 Å². The van der Waals surface area contributed by atoms with Gasteiger partial charge in [-0.1, -0.05) is 17.7 Å². The number of aryl methyl sites for hydroxylation is 2. The van der Waals surface area contributed by atoms with Crippen molar-refractivity contribution in [1.82, 2.24) is 0 Å². The van der Waals surface area contributed by atoms with Crippen molar-refractivity contribution in [3.05, 3.63) is 52.0 Å². The molecule has 2 aromatic carbocycles. The van der Waals surface area contributed by atoms with Gasteiger partial charge in [0.05, 0.1) is 30.0 Å². The molecule has 134 valence electrons. The summed E-state index contributed by atoms with van der Waals surface area (Å²) < 4.78 is 16.7. The molecule has 4 nitrogen and oxygen atoms in total. The molecule has 6 heteroatoms. The molecule has 0 aliphatic heterocycles. The molecule has 0 fully saturated rings. The molecule has 0 saturated carbocycles. The largest absolute Gasteiger partial charge is 0.493 e. The van der Waals surface area contributed by atoms with Gasteiger partial charge >= 0.3 is 0 Å². The molecule has 0 saturated heterocycles. The first-order chi connectivity index (χ1) is 12.0. The lowest BCUT2D eigenvalue weighted by atomic mass is 10.1. The Morgan fingerprint density at radius 3 is 2.52 bits per heavy atom. The van der Waals surface area contributed by atoms with Crippen LogP contribution in [-0.4, -0.2) is 18.9 Å². The zero-order valence-electron chi connectivity index (χ0n) is 14.8. The molecule has 2 rings (SSSR count). The van der Waals surface area contributed by atoms with Crippen LogP contribution in [0, 0.1) is 13.8 Å². The molecule has 0 spiro atoms. The van der Waals surface area contributed by atoms with Gasteiger partial charge in [-0.3, -0.25) is 0 Å². The van der Waals surface area contributed by atoms with Crippen LogP contribution in [0.25, 0.3) is 0 Å². The number of nitrogens with one attached hydrogen (secondary N) is 1. The van der Waals surface area contributed by atoms with Crippen LogP contribution in [0.15, 0.2) is 30.3 Å². The Balaban J connectivity index is 2.30. The Hall–Kier alpha value is -1.98. The summed E-state index contributed by atoms with van der Waals surface area (Å²) in [7, 11) is 1.52. The van der Waals surface area contributed by atoms with E-state index < -0.39 is 0 Å². The highest BCUT2D eigenvalue weighted by molar-refractivity contribution is 7.80. The molecule has 0 aliphatic rings. The summed E-state index contributed by atoms with van der Waals surface area (Å²) in [6.07, 6.45) is 0. The highest BCUT2D eigenvalue weighted by Crippen LogP contribution is 2.32. The van der Waals surface area contributed by atoms with Gasteiger partial charge in [-0.25, -0.2) is 0 Å². The molecule has 0 radical (unpaired) electrons. The number of rotatable bonds is 6. The van der Waals surface area contributed by atoms with Gasteiger partial charge < -0.3 is 19.5 Å². The molecule has 0 atom stereocenters. The number of hydrogen-bond acceptors (Lipinski definition) is 4. The number of ether oxygens (including phenoxy) is 3. The van der Waals surface area contributed by atoms with E-state index in [0.717, 1.165) is 28.1 Å². The highest BCUT2D eigenvalue weighted by atomic mass is 35.5. The Kier molecular flexibility index (Phi) is 6.91. The summed E-state index contributed by atoms with van der Waals surface area (Å²) in [4.78, 5) is 0. The molecule has 0 aromatic heterocycles. The van der Waals surface area contributed by atoms with E-state index in [1.807, 2.05) is 51.1 Å². The second kappa shape index (κ2) is 8.92. The molecule has 2 aromatic rings. The van der Waals surface area contributed by atoms with Gasteiger partial charge in [0.2, 0.25) is 0 Å². The van der Waals surface area contributed by atoms with Crippen LogP contribution >= 0.6 is 23.8 Å². The SMILES string of the molecule is CCOc1cccc(NC(=S)OC)c1COc1cc(C)c(C)cc1Cl. The summed E-state index contributed by atoms with van der Waals surface area (Å²) in [5, 5.41) is 3.91. The standard InChI is InChI=1S/C19H22ClNO3S/c1-5-23-17-8-6-7-16(21-19(25)22-4)14(17)11-24-18-10-13(3)12(2)9-15(18)20/h6-10H,5,11H2,1-4H3,(H,21,25). The van der Waals surface area contributed by atoms with E-state index in [2.05, 4.69) is 5.32 Å². The first-order valence-corrected chi connectivity index (χ1v) is 8.74. The van der Waals surface area contributed by atoms with Gasteiger partial charge in [0, 0.05) is 0 Å². The lowest BCUT2D eigenvalue weighted by Crippen LogP contribution is -2.14. The third kappa shape index (κ3) is 5.00. The maximum Gasteiger partial charge on any atom is 0.260 e. The molecule has 0 amide bonds. The number of thiocarbonyl (C=S) groups is 1. The first-order valence-electron chi connectivity index (χ1n) is 7.95. The van der Waals surface area contributed by atoms with Crippen LogP contribution in [0.4, 0.5) is 5.69 Å². The predicted molar refractivity (Wildman–Crippen MR) is 106 cm³/mol. The lowest BCUT2D eigenvalue weighted by Gasteiger charge is -2.17. The van der Waals surface area contributed by atoms with E-state index >= 15 is 0 Å². The molecule has 0 bridgehead atoms. The van der Waals surface area contributed by atoms with Crippen molar-refractivity contribution < 1.29 is 14.2 Å². The number of halogens is 1. The summed E-state index contributed by atoms with van der Waals surface area (Å²) in [5.41, 5.74) is 3.87. The smallest absolute Gasteiger partial charge is 0.260 e. The maximum atomic E-state index is 6.30. The fourth-order valence-corrected chi connectivity index (χ4v) is 2.68. The van der Waals surface area contributed by atoms with Crippen LogP contribution in [-0.2, 0) is 11.3 Å². The first kappa shape index (κ1) is 19.3. The van der Waals surface area contributed by atoms with Crippen LogP contribution < -0.4 is 14.8 Å². The van der Waals surface area contributed by atoms with E-state index in [1.54, 1.807) is 0 Å². The summed E-state index contributed by atoms with van der Waals surface area (Å²) in [5.74, 6) is 1.36. The fourth-order valence-electron chi connectivity index (χ4n) is 2.30. The third-order valence-electron chi connectivity index (χ3n) is 3.78. The third-order valence-corrected chi connectivity index (χ3v) is 4.34. The van der Waals surface area contributed by atoms with Gasteiger partial charge in [-0.2, -0.15) is 0 Å². The zero-order chi connectivity index (χ0) is 18.4. The van der Waals surface area contributed by atoms with Crippen molar-refractivity contribution in [3.63, 3.8) is 0 Å². The molecule has 1 N–H and O–H groups in total. The van der Waals surface area contributed by atoms with Gasteiger partial charge in [0.1, 0.15) is 18.1 Å². The van der Waals surface area contributed by atoms with E-state index in [9.17, 15) is 0 Å². The van der Waals surface area contributed by atoms with Crippen molar-refractivity contribution in [3.8, 4) is 11.5 Å². The highest BCUT2D eigenvalue weighted by Gasteiger charge is 2.13. The Labute approximate surface area is 159 Å². The monoisotopic (exact) mass is 379 g/mol. The average molecular weight is 380 g/mol. The van der Waals surface area contributed by atoms with Crippen molar-refractivity contribution in [2.24, 2.45) is 0 Å². The van der Waals surface area contributed by atoms with Gasteiger partial charge in [0.15, 0.2) is 0 Å². The summed E-state index contributed by atoms with van der Waals surface area (Å²) in [6, 6.07) is 9.52. The fraction of sp³-hybridized carbons (Fsp3) is 0.316. The number of methoxy groups -OCH3 is 1. The second-order valence-corrected chi connectivity index (χ2v) is 6.27. The number of anilines is 1. The number of hydrogen-bond donors (Lipinski definition) is 1. The van der Waals surface area contributed by atoms with Crippen molar-refractivity contribution >= 4 is 34.7 Å². The Morgan fingerprint density at radius 1 is 1.12 bits per heavy atom. The molecule has 25 heavy (non-hydrogen) atoms. The summed E-state index contributed by atoms with van der Waals surface area (Å²) >= 11 is 11.4. The van der Waals surface area contributed by atoms with E-state index in [1.165, 1.54) is 7.11 Å². The molecule has 0 heterocycles. The number of benzene rings is 2. The van der Waals surface area contributed by atoms with Gasteiger partial charge in [-0.05, 0) is 68.4 Å². The van der Waals surface area contributed by atoms with Crippen molar-refractivity contribution in [1.29, 1.82) is 0 Å². The van der Waals surface area contributed by atoms with Gasteiger partial charge in [0.25, 0.3) is 5.17 Å². The Morgan fingerprint density at radius 2 is 1.84 bits per heavy atom. The zero-order valence-corrected chi connectivity index (χ0v) is 16.4. The normalized spacial score (nSPS) is 10.3. The quantitative estimate of drug-likeness (QED) is 0.691. The summed E-state index contributed by atoms with van der Waals surface area (Å²) in [6.45, 7) is 6.81. The van der Waals surface area contributed by atoms with Crippen LogP contribution in [0.3, 0.4) is 0 Å². The van der Waals surface area contributed by atoms with Gasteiger partial charge in [-0.15, -0.1) is 0 Å². The topological polar surface area (TPSA) is 39.7 Å². The molecule has 0 unspecified atom stereocenters. The van der Waals surface area contributed by atoms with Crippen molar-refractivity contribution in [2.75, 3.05) is 19.0 Å². The van der Waals surface area contributed by atoms with Crippen molar-refractivity contribution in [2.45, 2.75) is 27.4 Å². The van der Waals surface area contributed by atoms with Crippen LogP contribution in [0.5, 0.6) is 11.5 Å².